The van der Waals surface area contributed by atoms with Gasteiger partial charge >= 0.3 is 0 Å². The van der Waals surface area contributed by atoms with Crippen LogP contribution in [0.2, 0.25) is 0 Å². The zero-order valence-corrected chi connectivity index (χ0v) is 9.63. The van der Waals surface area contributed by atoms with Crippen molar-refractivity contribution in [3.8, 4) is 0 Å². The van der Waals surface area contributed by atoms with E-state index >= 15 is 0 Å². The lowest BCUT2D eigenvalue weighted by molar-refractivity contribution is 0.543. The number of benzene rings is 1. The Morgan fingerprint density at radius 1 is 1.14 bits per heavy atom. The second kappa shape index (κ2) is 6.89. The summed E-state index contributed by atoms with van der Waals surface area (Å²) in [5.74, 6) is 1.47. The van der Waals surface area contributed by atoms with Gasteiger partial charge in [-0.1, -0.05) is 43.7 Å². The molecule has 0 nitrogen and oxygen atoms in total. The Kier molecular flexibility index (Phi) is 5.70. The summed E-state index contributed by atoms with van der Waals surface area (Å²) in [6, 6.07) is 10.7. The van der Waals surface area contributed by atoms with Crippen LogP contribution in [0, 0.1) is 5.92 Å². The molecule has 0 bridgehead atoms. The molecular weight excluding hydrogens is 192 g/mol. The van der Waals surface area contributed by atoms with E-state index in [2.05, 4.69) is 37.3 Å². The molecule has 1 heteroatoms. The van der Waals surface area contributed by atoms with Gasteiger partial charge in [0.25, 0.3) is 0 Å². The maximum absolute atomic E-state index is 5.75. The smallest absolute Gasteiger partial charge is 0.0249 e. The van der Waals surface area contributed by atoms with E-state index in [-0.39, 0.29) is 0 Å². The van der Waals surface area contributed by atoms with Gasteiger partial charge in [0.05, 0.1) is 0 Å². The third-order valence-corrected chi connectivity index (χ3v) is 3.05. The minimum atomic E-state index is 0.674. The van der Waals surface area contributed by atoms with Crippen molar-refractivity contribution >= 4 is 11.6 Å². The summed E-state index contributed by atoms with van der Waals surface area (Å²) in [4.78, 5) is 0. The lowest BCUT2D eigenvalue weighted by atomic mass is 10.0. The van der Waals surface area contributed by atoms with Crippen LogP contribution < -0.4 is 0 Å². The minimum Gasteiger partial charge on any atom is -0.126 e. The van der Waals surface area contributed by atoms with Gasteiger partial charge in [-0.05, 0) is 30.7 Å². The van der Waals surface area contributed by atoms with E-state index < -0.39 is 0 Å². The number of unbranched alkanes of at least 4 members (excludes halogenated alkanes) is 1. The number of rotatable bonds is 6. The van der Waals surface area contributed by atoms with Crippen LogP contribution in [0.15, 0.2) is 30.3 Å². The molecule has 0 N–H and O–H groups in total. The highest BCUT2D eigenvalue weighted by Gasteiger charge is 1.99. The van der Waals surface area contributed by atoms with Gasteiger partial charge in [0.1, 0.15) is 0 Å². The van der Waals surface area contributed by atoms with Crippen molar-refractivity contribution in [2.45, 2.75) is 32.6 Å². The molecular formula is C13H19Cl. The van der Waals surface area contributed by atoms with Gasteiger partial charge in [-0.3, -0.25) is 0 Å². The first kappa shape index (κ1) is 11.6. The number of hydrogen-bond donors (Lipinski definition) is 0. The largest absolute Gasteiger partial charge is 0.126 e. The molecule has 0 saturated carbocycles. The highest BCUT2D eigenvalue weighted by molar-refractivity contribution is 6.18. The van der Waals surface area contributed by atoms with E-state index in [9.17, 15) is 0 Å². The molecule has 0 spiro atoms. The van der Waals surface area contributed by atoms with E-state index in [0.29, 0.717) is 5.92 Å². The minimum absolute atomic E-state index is 0.674. The Morgan fingerprint density at radius 2 is 1.86 bits per heavy atom. The van der Waals surface area contributed by atoms with E-state index in [1.54, 1.807) is 0 Å². The molecule has 78 valence electrons. The summed E-state index contributed by atoms with van der Waals surface area (Å²) in [5, 5.41) is 0. The van der Waals surface area contributed by atoms with Crippen molar-refractivity contribution in [1.82, 2.24) is 0 Å². The molecule has 0 fully saturated rings. The predicted molar refractivity (Wildman–Crippen MR) is 63.9 cm³/mol. The van der Waals surface area contributed by atoms with Gasteiger partial charge in [-0.15, -0.1) is 11.6 Å². The Labute approximate surface area is 92.3 Å². The van der Waals surface area contributed by atoms with E-state index in [1.807, 2.05) is 0 Å². The summed E-state index contributed by atoms with van der Waals surface area (Å²) in [6.07, 6.45) is 5.04. The van der Waals surface area contributed by atoms with Crippen molar-refractivity contribution in [3.05, 3.63) is 35.9 Å². The standard InChI is InChI=1S/C13H19Cl/c1-12(11-14)7-5-6-10-13-8-3-2-4-9-13/h2-4,8-9,12H,5-7,10-11H2,1H3. The van der Waals surface area contributed by atoms with E-state index in [1.165, 1.54) is 31.2 Å². The zero-order valence-electron chi connectivity index (χ0n) is 8.88. The SMILES string of the molecule is CC(CCl)CCCCc1ccccc1. The topological polar surface area (TPSA) is 0 Å². The Bertz CT molecular complexity index is 230. The molecule has 1 aromatic rings. The van der Waals surface area contributed by atoms with Gasteiger partial charge in [0.15, 0.2) is 0 Å². The van der Waals surface area contributed by atoms with Crippen LogP contribution in [-0.2, 0) is 6.42 Å². The number of aryl methyl sites for hydroxylation is 1. The predicted octanol–water partition coefficient (Wildman–Crippen LogP) is 4.27. The van der Waals surface area contributed by atoms with Gasteiger partial charge in [-0.25, -0.2) is 0 Å². The average molecular weight is 211 g/mol. The number of alkyl halides is 1. The van der Waals surface area contributed by atoms with Gasteiger partial charge in [-0.2, -0.15) is 0 Å². The fourth-order valence-corrected chi connectivity index (χ4v) is 1.70. The van der Waals surface area contributed by atoms with Crippen molar-refractivity contribution in [2.75, 3.05) is 5.88 Å². The highest BCUT2D eigenvalue weighted by atomic mass is 35.5. The van der Waals surface area contributed by atoms with E-state index in [4.69, 9.17) is 11.6 Å². The second-order valence-electron chi connectivity index (χ2n) is 3.99. The molecule has 1 atom stereocenters. The highest BCUT2D eigenvalue weighted by Crippen LogP contribution is 2.11. The molecule has 1 aromatic carbocycles. The molecule has 0 heterocycles. The number of hydrogen-bond acceptors (Lipinski definition) is 0. The summed E-state index contributed by atoms with van der Waals surface area (Å²) in [6.45, 7) is 2.22. The fourth-order valence-electron chi connectivity index (χ4n) is 1.54. The Morgan fingerprint density at radius 3 is 2.50 bits per heavy atom. The first-order valence-corrected chi connectivity index (χ1v) is 5.96. The first-order valence-electron chi connectivity index (χ1n) is 5.43. The normalized spacial score (nSPS) is 12.7. The fraction of sp³-hybridized carbons (Fsp3) is 0.538. The summed E-state index contributed by atoms with van der Waals surface area (Å²) in [5.41, 5.74) is 1.45. The molecule has 0 aliphatic carbocycles. The van der Waals surface area contributed by atoms with Crippen LogP contribution >= 0.6 is 11.6 Å². The lowest BCUT2D eigenvalue weighted by Crippen LogP contribution is -1.96. The molecule has 0 aliphatic rings. The Balaban J connectivity index is 2.10. The van der Waals surface area contributed by atoms with Crippen molar-refractivity contribution in [3.63, 3.8) is 0 Å². The lowest BCUT2D eigenvalue weighted by Gasteiger charge is -2.06. The summed E-state index contributed by atoms with van der Waals surface area (Å²) in [7, 11) is 0. The van der Waals surface area contributed by atoms with Crippen LogP contribution in [0.4, 0.5) is 0 Å². The van der Waals surface area contributed by atoms with Crippen LogP contribution in [0.5, 0.6) is 0 Å². The van der Waals surface area contributed by atoms with Crippen molar-refractivity contribution in [2.24, 2.45) is 5.92 Å². The molecule has 0 amide bonds. The maximum Gasteiger partial charge on any atom is 0.0249 e. The molecule has 0 aromatic heterocycles. The summed E-state index contributed by atoms with van der Waals surface area (Å²) < 4.78 is 0. The quantitative estimate of drug-likeness (QED) is 0.486. The molecule has 1 unspecified atom stereocenters. The Hall–Kier alpha value is -0.490. The molecule has 14 heavy (non-hydrogen) atoms. The molecule has 1 rings (SSSR count). The average Bonchev–Trinajstić information content (AvgIpc) is 2.25. The van der Waals surface area contributed by atoms with Crippen LogP contribution in [0.1, 0.15) is 31.7 Å². The van der Waals surface area contributed by atoms with Gasteiger partial charge in [0.2, 0.25) is 0 Å². The number of halogens is 1. The molecule has 0 radical (unpaired) electrons. The molecule has 0 saturated heterocycles. The third-order valence-electron chi connectivity index (χ3n) is 2.52. The van der Waals surface area contributed by atoms with Crippen molar-refractivity contribution < 1.29 is 0 Å². The van der Waals surface area contributed by atoms with Crippen LogP contribution in [-0.4, -0.2) is 5.88 Å². The van der Waals surface area contributed by atoms with Gasteiger partial charge in [0, 0.05) is 5.88 Å². The van der Waals surface area contributed by atoms with Crippen molar-refractivity contribution in [1.29, 1.82) is 0 Å². The third kappa shape index (κ3) is 4.66. The monoisotopic (exact) mass is 210 g/mol. The van der Waals surface area contributed by atoms with E-state index in [0.717, 1.165) is 5.88 Å². The van der Waals surface area contributed by atoms with Crippen LogP contribution in [0.25, 0.3) is 0 Å². The molecule has 0 aliphatic heterocycles. The second-order valence-corrected chi connectivity index (χ2v) is 4.30. The zero-order chi connectivity index (χ0) is 10.2. The summed E-state index contributed by atoms with van der Waals surface area (Å²) >= 11 is 5.75. The van der Waals surface area contributed by atoms with Gasteiger partial charge < -0.3 is 0 Å². The first-order chi connectivity index (χ1) is 6.83. The maximum atomic E-state index is 5.75. The van der Waals surface area contributed by atoms with Crippen LogP contribution in [0.3, 0.4) is 0 Å².